The molecule has 5 heteroatoms. The van der Waals surface area contributed by atoms with Crippen LogP contribution in [0.25, 0.3) is 0 Å². The topological polar surface area (TPSA) is 43.0 Å². The maximum Gasteiger partial charge on any atom is 0.0715 e. The molecule has 0 unspecified atom stereocenters. The Balaban J connectivity index is 1.60. The van der Waals surface area contributed by atoms with Gasteiger partial charge < -0.3 is 19.5 Å². The van der Waals surface area contributed by atoms with Crippen molar-refractivity contribution >= 4 is 0 Å². The Morgan fingerprint density at radius 2 is 1.88 bits per heavy atom. The first kappa shape index (κ1) is 19.3. The van der Waals surface area contributed by atoms with Gasteiger partial charge in [-0.1, -0.05) is 30.3 Å². The van der Waals surface area contributed by atoms with Gasteiger partial charge in [-0.3, -0.25) is 4.90 Å². The van der Waals surface area contributed by atoms with Crippen molar-refractivity contribution in [2.75, 3.05) is 59.7 Å². The van der Waals surface area contributed by atoms with Crippen LogP contribution in [-0.2, 0) is 14.2 Å². The summed E-state index contributed by atoms with van der Waals surface area (Å²) < 4.78 is 16.7. The van der Waals surface area contributed by atoms with E-state index in [1.54, 1.807) is 0 Å². The van der Waals surface area contributed by atoms with Crippen molar-refractivity contribution in [2.45, 2.75) is 25.5 Å². The van der Waals surface area contributed by atoms with Crippen LogP contribution in [-0.4, -0.2) is 70.7 Å². The smallest absolute Gasteiger partial charge is 0.0715 e. The fourth-order valence-corrected chi connectivity index (χ4v) is 3.04. The number of ether oxygens (including phenoxy) is 3. The summed E-state index contributed by atoms with van der Waals surface area (Å²) in [6.07, 6.45) is 1.43. The zero-order valence-electron chi connectivity index (χ0n) is 15.1. The number of rotatable bonds is 12. The first-order valence-electron chi connectivity index (χ1n) is 9.05. The van der Waals surface area contributed by atoms with Gasteiger partial charge in [-0.05, 0) is 26.0 Å². The molecular weight excluding hydrogens is 304 g/mol. The molecule has 0 amide bonds. The molecule has 0 saturated carbocycles. The number of nitrogens with one attached hydrogen (secondary N) is 1. The fraction of sp³-hybridized carbons (Fsp3) is 0.684. The first-order chi connectivity index (χ1) is 11.8. The van der Waals surface area contributed by atoms with E-state index in [9.17, 15) is 0 Å². The molecule has 1 aromatic carbocycles. The summed E-state index contributed by atoms with van der Waals surface area (Å²) in [6, 6.07) is 11.0. The highest BCUT2D eigenvalue weighted by Crippen LogP contribution is 2.18. The van der Waals surface area contributed by atoms with Crippen LogP contribution in [0, 0.1) is 0 Å². The van der Waals surface area contributed by atoms with Gasteiger partial charge in [-0.15, -0.1) is 0 Å². The summed E-state index contributed by atoms with van der Waals surface area (Å²) in [7, 11) is 2.03. The molecule has 1 N–H and O–H groups in total. The van der Waals surface area contributed by atoms with Crippen LogP contribution in [0.2, 0.25) is 0 Å². The molecule has 0 bridgehead atoms. The minimum atomic E-state index is 0.328. The summed E-state index contributed by atoms with van der Waals surface area (Å²) in [4.78, 5) is 2.48. The highest BCUT2D eigenvalue weighted by atomic mass is 16.5. The third-order valence-electron chi connectivity index (χ3n) is 4.38. The Bertz CT molecular complexity index is 430. The number of nitrogens with zero attached hydrogens (tertiary/aromatic N) is 1. The average molecular weight is 336 g/mol. The Hall–Kier alpha value is -0.980. The normalized spacial score (nSPS) is 19.7. The lowest BCUT2D eigenvalue weighted by molar-refractivity contribution is -0.00705. The predicted molar refractivity (Wildman–Crippen MR) is 96.4 cm³/mol. The average Bonchev–Trinajstić information content (AvgIpc) is 3.07. The maximum absolute atomic E-state index is 5.93. The SMILES string of the molecule is CCOCCOCCO[C@H]1CCN(C[C@@H](NC)c2ccccc2)C1. The fourth-order valence-electron chi connectivity index (χ4n) is 3.04. The molecule has 0 radical (unpaired) electrons. The molecule has 2 atom stereocenters. The zero-order valence-corrected chi connectivity index (χ0v) is 15.1. The van der Waals surface area contributed by atoms with E-state index in [4.69, 9.17) is 14.2 Å². The zero-order chi connectivity index (χ0) is 17.0. The van der Waals surface area contributed by atoms with E-state index in [0.717, 1.165) is 32.7 Å². The monoisotopic (exact) mass is 336 g/mol. The molecule has 24 heavy (non-hydrogen) atoms. The van der Waals surface area contributed by atoms with Crippen LogP contribution in [0.1, 0.15) is 24.9 Å². The van der Waals surface area contributed by atoms with Gasteiger partial charge in [0.05, 0.1) is 32.5 Å². The van der Waals surface area contributed by atoms with E-state index in [0.29, 0.717) is 38.6 Å². The van der Waals surface area contributed by atoms with E-state index in [2.05, 4.69) is 40.5 Å². The Kier molecular flexibility index (Phi) is 9.31. The van der Waals surface area contributed by atoms with Gasteiger partial charge in [0.15, 0.2) is 0 Å². The summed E-state index contributed by atoms with van der Waals surface area (Å²) in [5.74, 6) is 0. The van der Waals surface area contributed by atoms with Crippen LogP contribution in [0.3, 0.4) is 0 Å². The molecule has 2 rings (SSSR count). The minimum absolute atomic E-state index is 0.328. The van der Waals surface area contributed by atoms with Crippen molar-refractivity contribution in [1.82, 2.24) is 10.2 Å². The van der Waals surface area contributed by atoms with E-state index >= 15 is 0 Å². The van der Waals surface area contributed by atoms with Gasteiger partial charge in [0.25, 0.3) is 0 Å². The molecule has 136 valence electrons. The number of likely N-dealkylation sites (N-methyl/N-ethyl adjacent to an activating group) is 1. The van der Waals surface area contributed by atoms with E-state index in [1.807, 2.05) is 14.0 Å². The quantitative estimate of drug-likeness (QED) is 0.592. The Labute approximate surface area is 146 Å². The van der Waals surface area contributed by atoms with Crippen molar-refractivity contribution in [3.05, 3.63) is 35.9 Å². The Morgan fingerprint density at radius 3 is 2.62 bits per heavy atom. The predicted octanol–water partition coefficient (Wildman–Crippen LogP) is 2.09. The lowest BCUT2D eigenvalue weighted by atomic mass is 10.1. The molecule has 0 aliphatic carbocycles. The van der Waals surface area contributed by atoms with E-state index in [-0.39, 0.29) is 0 Å². The summed E-state index contributed by atoms with van der Waals surface area (Å²) in [5.41, 5.74) is 1.34. The number of benzene rings is 1. The summed E-state index contributed by atoms with van der Waals surface area (Å²) in [5, 5.41) is 3.42. The van der Waals surface area contributed by atoms with Crippen LogP contribution in [0.4, 0.5) is 0 Å². The summed E-state index contributed by atoms with van der Waals surface area (Å²) >= 11 is 0. The molecule has 1 heterocycles. The lowest BCUT2D eigenvalue weighted by Crippen LogP contribution is -2.33. The molecular formula is C19H32N2O3. The maximum atomic E-state index is 5.93. The van der Waals surface area contributed by atoms with Crippen LogP contribution in [0.15, 0.2) is 30.3 Å². The Morgan fingerprint density at radius 1 is 1.12 bits per heavy atom. The lowest BCUT2D eigenvalue weighted by Gasteiger charge is -2.24. The van der Waals surface area contributed by atoms with Gasteiger partial charge in [-0.25, -0.2) is 0 Å². The van der Waals surface area contributed by atoms with Gasteiger partial charge in [0.2, 0.25) is 0 Å². The minimum Gasteiger partial charge on any atom is -0.379 e. The summed E-state index contributed by atoms with van der Waals surface area (Å²) in [6.45, 7) is 8.48. The molecule has 5 nitrogen and oxygen atoms in total. The molecule has 0 aromatic heterocycles. The highest BCUT2D eigenvalue weighted by Gasteiger charge is 2.25. The molecule has 1 saturated heterocycles. The van der Waals surface area contributed by atoms with E-state index in [1.165, 1.54) is 5.56 Å². The second-order valence-electron chi connectivity index (χ2n) is 6.10. The van der Waals surface area contributed by atoms with Crippen molar-refractivity contribution in [3.63, 3.8) is 0 Å². The third-order valence-corrected chi connectivity index (χ3v) is 4.38. The first-order valence-corrected chi connectivity index (χ1v) is 9.05. The molecule has 1 fully saturated rings. The number of hydrogen-bond acceptors (Lipinski definition) is 5. The van der Waals surface area contributed by atoms with Crippen LogP contribution in [0.5, 0.6) is 0 Å². The van der Waals surface area contributed by atoms with Crippen molar-refractivity contribution in [2.24, 2.45) is 0 Å². The van der Waals surface area contributed by atoms with Crippen LogP contribution < -0.4 is 5.32 Å². The van der Waals surface area contributed by atoms with Gasteiger partial charge in [-0.2, -0.15) is 0 Å². The highest BCUT2D eigenvalue weighted by molar-refractivity contribution is 5.19. The van der Waals surface area contributed by atoms with Gasteiger partial charge >= 0.3 is 0 Å². The van der Waals surface area contributed by atoms with Crippen molar-refractivity contribution in [3.8, 4) is 0 Å². The largest absolute Gasteiger partial charge is 0.379 e. The number of likely N-dealkylation sites (tertiary alicyclic amines) is 1. The molecule has 1 aliphatic heterocycles. The second-order valence-corrected chi connectivity index (χ2v) is 6.10. The number of hydrogen-bond donors (Lipinski definition) is 1. The third kappa shape index (κ3) is 6.87. The molecule has 1 aliphatic rings. The van der Waals surface area contributed by atoms with Gasteiger partial charge in [0, 0.05) is 32.3 Å². The molecule has 0 spiro atoms. The van der Waals surface area contributed by atoms with Crippen molar-refractivity contribution in [1.29, 1.82) is 0 Å². The van der Waals surface area contributed by atoms with Crippen molar-refractivity contribution < 1.29 is 14.2 Å². The second kappa shape index (κ2) is 11.6. The van der Waals surface area contributed by atoms with Crippen LogP contribution >= 0.6 is 0 Å². The molecule has 1 aromatic rings. The standard InChI is InChI=1S/C19H32N2O3/c1-3-22-11-12-23-13-14-24-18-9-10-21(15-18)16-19(20-2)17-7-5-4-6-8-17/h4-8,18-20H,3,9-16H2,1-2H3/t18-,19+/m0/s1. The van der Waals surface area contributed by atoms with E-state index < -0.39 is 0 Å². The van der Waals surface area contributed by atoms with Gasteiger partial charge in [0.1, 0.15) is 0 Å².